The molecule has 0 N–H and O–H groups in total. The van der Waals surface area contributed by atoms with Crippen molar-refractivity contribution in [1.82, 2.24) is 10.1 Å². The van der Waals surface area contributed by atoms with Gasteiger partial charge in [-0.2, -0.15) is 13.8 Å². The van der Waals surface area contributed by atoms with Gasteiger partial charge in [-0.3, -0.25) is 0 Å². The van der Waals surface area contributed by atoms with E-state index in [1.807, 2.05) is 0 Å². The summed E-state index contributed by atoms with van der Waals surface area (Å²) in [5.74, 6) is -1.34. The quantitative estimate of drug-likeness (QED) is 0.762. The fourth-order valence-corrected chi connectivity index (χ4v) is 1.43. The molecule has 1 aromatic rings. The van der Waals surface area contributed by atoms with E-state index >= 15 is 0 Å². The van der Waals surface area contributed by atoms with Crippen molar-refractivity contribution in [3.8, 4) is 0 Å². The maximum atomic E-state index is 12.3. The molecule has 1 aromatic heterocycles. The van der Waals surface area contributed by atoms with Gasteiger partial charge in [-0.1, -0.05) is 11.8 Å². The molecule has 0 aromatic carbocycles. The molecule has 0 aliphatic rings. The van der Waals surface area contributed by atoms with Gasteiger partial charge in [0, 0.05) is 12.2 Å². The molecule has 0 aliphatic carbocycles. The molecule has 0 aliphatic heterocycles. The highest BCUT2D eigenvalue weighted by molar-refractivity contribution is 7.99. The Hall–Kier alpha value is -0.690. The number of hydrogen-bond donors (Lipinski definition) is 0. The molecular weight excluding hydrogens is 241 g/mol. The second-order valence-electron chi connectivity index (χ2n) is 2.09. The summed E-state index contributed by atoms with van der Waals surface area (Å²) in [6.45, 7) is 0. The van der Waals surface area contributed by atoms with Crippen LogP contribution in [0.15, 0.2) is 21.7 Å². The molecule has 1 heterocycles. The van der Waals surface area contributed by atoms with Gasteiger partial charge in [-0.15, -0.1) is 0 Å². The van der Waals surface area contributed by atoms with Gasteiger partial charge < -0.3 is 4.52 Å². The van der Waals surface area contributed by atoms with Gasteiger partial charge in [-0.25, -0.2) is 4.39 Å². The monoisotopic (exact) mass is 244 g/mol. The molecule has 14 heavy (non-hydrogen) atoms. The molecule has 8 heteroatoms. The van der Waals surface area contributed by atoms with Gasteiger partial charge >= 0.3 is 6.08 Å². The first-order valence-corrected chi connectivity index (χ1v) is 4.77. The van der Waals surface area contributed by atoms with E-state index in [1.165, 1.54) is 0 Å². The van der Waals surface area contributed by atoms with Gasteiger partial charge in [0.2, 0.25) is 0 Å². The van der Waals surface area contributed by atoms with E-state index in [0.717, 1.165) is 11.8 Å². The predicted octanol–water partition coefficient (Wildman–Crippen LogP) is 3.28. The first-order valence-electron chi connectivity index (χ1n) is 3.41. The number of rotatable bonds is 4. The van der Waals surface area contributed by atoms with Crippen LogP contribution in [0.4, 0.5) is 13.2 Å². The average Bonchev–Trinajstić information content (AvgIpc) is 2.51. The number of thioether (sulfide) groups is 1. The zero-order chi connectivity index (χ0) is 10.6. The van der Waals surface area contributed by atoms with Crippen LogP contribution in [0, 0.1) is 0 Å². The Balaban J connectivity index is 2.32. The Morgan fingerprint density at radius 1 is 1.43 bits per heavy atom. The summed E-state index contributed by atoms with van der Waals surface area (Å²) in [6, 6.07) is 0. The van der Waals surface area contributed by atoms with Crippen molar-refractivity contribution in [3.63, 3.8) is 0 Å². The predicted molar refractivity (Wildman–Crippen MR) is 45.0 cm³/mol. The number of allylic oxidation sites excluding steroid dienone is 1. The SMILES string of the molecule is FC(F)=C(F)CCSc1nc(Cl)no1. The van der Waals surface area contributed by atoms with Crippen molar-refractivity contribution in [2.45, 2.75) is 11.6 Å². The Morgan fingerprint density at radius 3 is 2.64 bits per heavy atom. The third-order valence-electron chi connectivity index (χ3n) is 1.13. The summed E-state index contributed by atoms with van der Waals surface area (Å²) in [5, 5.41) is 3.31. The maximum Gasteiger partial charge on any atom is 0.301 e. The highest BCUT2D eigenvalue weighted by atomic mass is 35.5. The molecule has 0 saturated heterocycles. The number of nitrogens with zero attached hydrogens (tertiary/aromatic N) is 2. The summed E-state index contributed by atoms with van der Waals surface area (Å²) in [4.78, 5) is 3.58. The molecule has 3 nitrogen and oxygen atoms in total. The molecular formula is C6H4ClF3N2OS. The Bertz CT molecular complexity index is 340. The van der Waals surface area contributed by atoms with Crippen LogP contribution in [-0.2, 0) is 0 Å². The normalized spacial score (nSPS) is 10.3. The number of halogens is 4. The zero-order valence-corrected chi connectivity index (χ0v) is 8.21. The zero-order valence-electron chi connectivity index (χ0n) is 6.64. The highest BCUT2D eigenvalue weighted by Gasteiger charge is 2.08. The third-order valence-corrected chi connectivity index (χ3v) is 2.11. The van der Waals surface area contributed by atoms with E-state index in [0.29, 0.717) is 0 Å². The van der Waals surface area contributed by atoms with Crippen LogP contribution in [0.3, 0.4) is 0 Å². The minimum atomic E-state index is -2.30. The van der Waals surface area contributed by atoms with Gasteiger partial charge in [-0.05, 0) is 16.8 Å². The van der Waals surface area contributed by atoms with Crippen molar-refractivity contribution in [3.05, 3.63) is 17.2 Å². The van der Waals surface area contributed by atoms with Crippen LogP contribution in [0.5, 0.6) is 0 Å². The first kappa shape index (κ1) is 11.4. The van der Waals surface area contributed by atoms with Crippen molar-refractivity contribution in [2.24, 2.45) is 0 Å². The molecule has 0 atom stereocenters. The van der Waals surface area contributed by atoms with Crippen molar-refractivity contribution in [2.75, 3.05) is 5.75 Å². The lowest BCUT2D eigenvalue weighted by Gasteiger charge is -1.93. The maximum absolute atomic E-state index is 12.3. The topological polar surface area (TPSA) is 38.9 Å². The molecule has 78 valence electrons. The van der Waals surface area contributed by atoms with Gasteiger partial charge in [0.1, 0.15) is 0 Å². The van der Waals surface area contributed by atoms with Crippen molar-refractivity contribution in [1.29, 1.82) is 0 Å². The largest absolute Gasteiger partial charge is 0.326 e. The minimum absolute atomic E-state index is 0.0693. The van der Waals surface area contributed by atoms with E-state index in [1.54, 1.807) is 0 Å². The Labute approximate surface area is 86.3 Å². The highest BCUT2D eigenvalue weighted by Crippen LogP contribution is 2.21. The van der Waals surface area contributed by atoms with Gasteiger partial charge in [0.25, 0.3) is 10.5 Å². The van der Waals surface area contributed by atoms with Crippen LogP contribution in [-0.4, -0.2) is 15.9 Å². The molecule has 0 radical (unpaired) electrons. The fraction of sp³-hybridized carbons (Fsp3) is 0.333. The third kappa shape index (κ3) is 3.59. The van der Waals surface area contributed by atoms with Crippen LogP contribution < -0.4 is 0 Å². The molecule has 0 spiro atoms. The summed E-state index contributed by atoms with van der Waals surface area (Å²) in [6.07, 6.45) is -2.68. The van der Waals surface area contributed by atoms with E-state index < -0.39 is 11.9 Å². The van der Waals surface area contributed by atoms with Crippen molar-refractivity contribution >= 4 is 23.4 Å². The first-order chi connectivity index (χ1) is 6.59. The van der Waals surface area contributed by atoms with Crippen LogP contribution >= 0.6 is 23.4 Å². The summed E-state index contributed by atoms with van der Waals surface area (Å²) in [7, 11) is 0. The molecule has 0 saturated carbocycles. The van der Waals surface area contributed by atoms with Crippen LogP contribution in [0.1, 0.15) is 6.42 Å². The van der Waals surface area contributed by atoms with E-state index in [9.17, 15) is 13.2 Å². The lowest BCUT2D eigenvalue weighted by atomic mass is 10.4. The minimum Gasteiger partial charge on any atom is -0.326 e. The summed E-state index contributed by atoms with van der Waals surface area (Å²) < 4.78 is 40.0. The fourth-order valence-electron chi connectivity index (χ4n) is 0.574. The molecule has 0 bridgehead atoms. The molecule has 0 unspecified atom stereocenters. The second-order valence-corrected chi connectivity index (χ2v) is 3.48. The van der Waals surface area contributed by atoms with Gasteiger partial charge in [0.05, 0.1) is 0 Å². The van der Waals surface area contributed by atoms with E-state index in [4.69, 9.17) is 11.6 Å². The van der Waals surface area contributed by atoms with Gasteiger partial charge in [0.15, 0.2) is 5.83 Å². The summed E-state index contributed by atoms with van der Waals surface area (Å²) >= 11 is 6.27. The second kappa shape index (κ2) is 5.26. The summed E-state index contributed by atoms with van der Waals surface area (Å²) in [5.41, 5.74) is 0. The van der Waals surface area contributed by atoms with E-state index in [2.05, 4.69) is 14.7 Å². The molecule has 0 amide bonds. The standard InChI is InChI=1S/C6H4ClF3N2OS/c7-5-11-6(13-12-5)14-2-1-3(8)4(9)10/h1-2H2. The van der Waals surface area contributed by atoms with Crippen LogP contribution in [0.25, 0.3) is 0 Å². The van der Waals surface area contributed by atoms with Crippen molar-refractivity contribution < 1.29 is 17.7 Å². The number of hydrogen-bond acceptors (Lipinski definition) is 4. The van der Waals surface area contributed by atoms with Crippen LogP contribution in [0.2, 0.25) is 5.28 Å². The Morgan fingerprint density at radius 2 is 2.14 bits per heavy atom. The lowest BCUT2D eigenvalue weighted by Crippen LogP contribution is -1.82. The van der Waals surface area contributed by atoms with E-state index in [-0.39, 0.29) is 22.7 Å². The number of aromatic nitrogens is 2. The smallest absolute Gasteiger partial charge is 0.301 e. The Kier molecular flexibility index (Phi) is 4.27. The average molecular weight is 245 g/mol. The molecule has 0 fully saturated rings. The molecule has 1 rings (SSSR count). The lowest BCUT2D eigenvalue weighted by molar-refractivity contribution is 0.340.